The molecule has 1 amide bonds. The molecule has 1 N–H and O–H groups in total. The predicted octanol–water partition coefficient (Wildman–Crippen LogP) is 4.42. The molecule has 9 heteroatoms. The zero-order valence-corrected chi connectivity index (χ0v) is 17.2. The molecule has 8 nitrogen and oxygen atoms in total. The fraction of sp³-hybridized carbons (Fsp3) is 0.136. The molecule has 154 valence electrons. The summed E-state index contributed by atoms with van der Waals surface area (Å²) in [6, 6.07) is 8.83. The Balaban J connectivity index is 1.37. The van der Waals surface area contributed by atoms with E-state index in [1.165, 1.54) is 11.8 Å². The van der Waals surface area contributed by atoms with Gasteiger partial charge in [0, 0.05) is 22.4 Å². The molecular weight excluding hydrogens is 416 g/mol. The molecule has 1 aromatic carbocycles. The number of Topliss-reactive ketones (excluding diaryl/α,β-unsaturated/α-hetero) is 1. The van der Waals surface area contributed by atoms with Crippen molar-refractivity contribution in [1.82, 2.24) is 15.2 Å². The minimum Gasteiger partial charge on any atom is -0.472 e. The number of carbonyl (C=O) groups is 2. The summed E-state index contributed by atoms with van der Waals surface area (Å²) in [5.41, 5.74) is 4.81. The number of aromatic nitrogens is 3. The topological polar surface area (TPSA) is 111 Å². The number of nitrogens with one attached hydrogen (secondary N) is 1. The van der Waals surface area contributed by atoms with E-state index in [0.717, 1.165) is 22.4 Å². The molecule has 4 heterocycles. The normalized spacial score (nSPS) is 15.0. The fourth-order valence-electron chi connectivity index (χ4n) is 3.37. The summed E-state index contributed by atoms with van der Waals surface area (Å²) in [5.74, 6) is -0.257. The van der Waals surface area contributed by atoms with Crippen molar-refractivity contribution in [1.29, 1.82) is 0 Å². The van der Waals surface area contributed by atoms with Crippen LogP contribution < -0.4 is 5.32 Å². The zero-order chi connectivity index (χ0) is 21.4. The van der Waals surface area contributed by atoms with Crippen molar-refractivity contribution in [3.8, 4) is 22.5 Å². The van der Waals surface area contributed by atoms with Gasteiger partial charge in [-0.2, -0.15) is 0 Å². The molecule has 3 aromatic heterocycles. The molecule has 1 aliphatic rings. The highest BCUT2D eigenvalue weighted by Gasteiger charge is 2.27. The van der Waals surface area contributed by atoms with E-state index in [1.807, 2.05) is 6.92 Å². The maximum absolute atomic E-state index is 12.7. The van der Waals surface area contributed by atoms with E-state index in [1.54, 1.807) is 55.4 Å². The molecule has 0 radical (unpaired) electrons. The van der Waals surface area contributed by atoms with Gasteiger partial charge in [0.25, 0.3) is 0 Å². The van der Waals surface area contributed by atoms with Crippen LogP contribution in [0.4, 0.5) is 5.69 Å². The van der Waals surface area contributed by atoms with Gasteiger partial charge in [-0.05, 0) is 42.8 Å². The molecule has 0 saturated heterocycles. The Morgan fingerprint density at radius 1 is 1.06 bits per heavy atom. The summed E-state index contributed by atoms with van der Waals surface area (Å²) < 4.78 is 10.3. The molecule has 1 aliphatic heterocycles. The first kappa shape index (κ1) is 19.3. The van der Waals surface area contributed by atoms with Crippen LogP contribution in [0.1, 0.15) is 28.8 Å². The number of hydrogen-bond acceptors (Lipinski definition) is 8. The highest BCUT2D eigenvalue weighted by Crippen LogP contribution is 2.33. The zero-order valence-electron chi connectivity index (χ0n) is 16.4. The highest BCUT2D eigenvalue weighted by atomic mass is 32.2. The second-order valence-corrected chi connectivity index (χ2v) is 7.98. The molecular formula is C22H16N4O4S. The van der Waals surface area contributed by atoms with Crippen molar-refractivity contribution in [2.24, 2.45) is 0 Å². The summed E-state index contributed by atoms with van der Waals surface area (Å²) in [4.78, 5) is 29.2. The molecule has 1 unspecified atom stereocenters. The largest absolute Gasteiger partial charge is 0.472 e. The summed E-state index contributed by atoms with van der Waals surface area (Å²) in [6.45, 7) is 1.82. The van der Waals surface area contributed by atoms with Crippen molar-refractivity contribution >= 4 is 29.1 Å². The van der Waals surface area contributed by atoms with Crippen LogP contribution in [0.5, 0.6) is 0 Å². The summed E-state index contributed by atoms with van der Waals surface area (Å²) in [6.07, 6.45) is 6.26. The number of thioether (sulfide) groups is 1. The van der Waals surface area contributed by atoms with Crippen LogP contribution in [0.2, 0.25) is 0 Å². The average molecular weight is 432 g/mol. The Hall–Kier alpha value is -3.72. The van der Waals surface area contributed by atoms with Crippen LogP contribution in [0.15, 0.2) is 69.4 Å². The van der Waals surface area contributed by atoms with Crippen LogP contribution in [0.3, 0.4) is 0 Å². The minimum atomic E-state index is -0.268. The van der Waals surface area contributed by atoms with Crippen molar-refractivity contribution in [3.05, 3.63) is 66.5 Å². The second-order valence-electron chi connectivity index (χ2n) is 7.04. The van der Waals surface area contributed by atoms with Crippen LogP contribution in [0, 0.1) is 0 Å². The minimum absolute atomic E-state index is 0.0575. The van der Waals surface area contributed by atoms with Gasteiger partial charge in [0.15, 0.2) is 5.78 Å². The summed E-state index contributed by atoms with van der Waals surface area (Å²) in [5, 5.41) is 11.7. The lowest BCUT2D eigenvalue weighted by Gasteiger charge is -2.07. The van der Waals surface area contributed by atoms with Crippen molar-refractivity contribution in [2.45, 2.75) is 18.0 Å². The van der Waals surface area contributed by atoms with Crippen LogP contribution in [-0.2, 0) is 4.79 Å². The highest BCUT2D eigenvalue weighted by molar-refractivity contribution is 7.99. The molecule has 31 heavy (non-hydrogen) atoms. The van der Waals surface area contributed by atoms with Gasteiger partial charge in [0.05, 0.1) is 36.7 Å². The van der Waals surface area contributed by atoms with Crippen molar-refractivity contribution < 1.29 is 18.4 Å². The third-order valence-corrected chi connectivity index (χ3v) is 5.92. The van der Waals surface area contributed by atoms with E-state index >= 15 is 0 Å². The Morgan fingerprint density at radius 2 is 1.81 bits per heavy atom. The quantitative estimate of drug-likeness (QED) is 0.352. The first-order chi connectivity index (χ1) is 15.1. The molecule has 0 saturated carbocycles. The number of amides is 1. The van der Waals surface area contributed by atoms with Gasteiger partial charge in [0.1, 0.15) is 11.4 Å². The van der Waals surface area contributed by atoms with E-state index in [2.05, 4.69) is 20.5 Å². The Bertz CT molecular complexity index is 1270. The van der Waals surface area contributed by atoms with Crippen molar-refractivity contribution in [2.75, 3.05) is 11.1 Å². The molecule has 0 spiro atoms. The predicted molar refractivity (Wildman–Crippen MR) is 114 cm³/mol. The Morgan fingerprint density at radius 3 is 2.52 bits per heavy atom. The van der Waals surface area contributed by atoms with Gasteiger partial charge < -0.3 is 14.2 Å². The first-order valence-corrected chi connectivity index (χ1v) is 10.5. The van der Waals surface area contributed by atoms with E-state index in [-0.39, 0.29) is 23.4 Å². The number of nitrogens with zero attached hydrogens (tertiary/aromatic N) is 3. The number of carbonyl (C=O) groups excluding carboxylic acids is 2. The number of benzene rings is 1. The monoisotopic (exact) mass is 432 g/mol. The molecule has 0 bridgehead atoms. The van der Waals surface area contributed by atoms with Crippen molar-refractivity contribution in [3.63, 3.8) is 0 Å². The number of anilines is 1. The maximum atomic E-state index is 12.7. The number of rotatable bonds is 6. The van der Waals surface area contributed by atoms with Gasteiger partial charge in [-0.3, -0.25) is 9.59 Å². The van der Waals surface area contributed by atoms with E-state index in [4.69, 9.17) is 8.83 Å². The number of ketones is 1. The van der Waals surface area contributed by atoms with E-state index < -0.39 is 0 Å². The third kappa shape index (κ3) is 3.64. The number of fused-ring (bicyclic) bond motifs is 1. The van der Waals surface area contributed by atoms with Gasteiger partial charge >= 0.3 is 0 Å². The van der Waals surface area contributed by atoms with Gasteiger partial charge in [-0.1, -0.05) is 11.8 Å². The lowest BCUT2D eigenvalue weighted by atomic mass is 9.99. The van der Waals surface area contributed by atoms with Gasteiger partial charge in [0.2, 0.25) is 11.1 Å². The van der Waals surface area contributed by atoms with Gasteiger partial charge in [-0.25, -0.2) is 4.98 Å². The van der Waals surface area contributed by atoms with E-state index in [9.17, 15) is 9.59 Å². The Kier molecular flexibility index (Phi) is 4.87. The Labute approximate surface area is 181 Å². The fourth-order valence-corrected chi connectivity index (χ4v) is 4.05. The first-order valence-electron chi connectivity index (χ1n) is 9.51. The summed E-state index contributed by atoms with van der Waals surface area (Å²) >= 11 is 1.20. The maximum Gasteiger partial charge on any atom is 0.231 e. The lowest BCUT2D eigenvalue weighted by molar-refractivity contribution is -0.116. The molecule has 0 fully saturated rings. The van der Waals surface area contributed by atoms with Crippen LogP contribution in [0.25, 0.3) is 22.5 Å². The number of furan rings is 2. The van der Waals surface area contributed by atoms with Crippen LogP contribution >= 0.6 is 11.8 Å². The molecule has 0 aliphatic carbocycles. The van der Waals surface area contributed by atoms with E-state index in [0.29, 0.717) is 22.1 Å². The second kappa shape index (κ2) is 7.84. The molecule has 1 atom stereocenters. The lowest BCUT2D eigenvalue weighted by Crippen LogP contribution is -2.08. The average Bonchev–Trinajstić information content (AvgIpc) is 3.55. The third-order valence-electron chi connectivity index (χ3n) is 5.08. The molecule has 5 rings (SSSR count). The number of hydrogen-bond donors (Lipinski definition) is 1. The van der Waals surface area contributed by atoms with Crippen LogP contribution in [-0.4, -0.2) is 32.6 Å². The smallest absolute Gasteiger partial charge is 0.231 e. The summed E-state index contributed by atoms with van der Waals surface area (Å²) in [7, 11) is 0. The molecule has 4 aromatic rings. The van der Waals surface area contributed by atoms with Gasteiger partial charge in [-0.15, -0.1) is 10.2 Å². The standard InChI is InChI=1S/C22H16N4O4S/c1-12-16-8-13(2-3-17(16)23-21(12)28)18(27)11-31-22-24-19(14-4-6-29-9-14)20(25-26-22)15-5-7-30-10-15/h2-10,12H,11H2,1H3,(H,23,28). The SMILES string of the molecule is CC1C(=O)Nc2ccc(C(=O)CSc3nnc(-c4ccoc4)c(-c4ccoc4)n3)cc21.